The largest absolute Gasteiger partial charge is 0.391 e. The van der Waals surface area contributed by atoms with Crippen molar-refractivity contribution in [2.24, 2.45) is 4.99 Å². The zero-order valence-electron chi connectivity index (χ0n) is 19.8. The number of hydrogen-bond acceptors (Lipinski definition) is 2. The minimum atomic E-state index is 0.282. The Morgan fingerprint density at radius 2 is 1.38 bits per heavy atom. The van der Waals surface area contributed by atoms with Crippen molar-refractivity contribution in [3.63, 3.8) is 0 Å². The molecule has 0 fully saturated rings. The minimum absolute atomic E-state index is 0.282. The second kappa shape index (κ2) is 18.1. The Hall–Kier alpha value is -0.670. The van der Waals surface area contributed by atoms with Crippen LogP contribution >= 0.6 is 0 Å². The zero-order valence-corrected chi connectivity index (χ0v) is 19.8. The highest BCUT2D eigenvalue weighted by atomic mass is 16.3. The number of aliphatic hydroxyl groups excluding tert-OH is 1. The maximum absolute atomic E-state index is 9.39. The highest BCUT2D eigenvalue weighted by Crippen LogP contribution is 2.24. The van der Waals surface area contributed by atoms with Gasteiger partial charge in [0, 0.05) is 6.42 Å². The molecule has 0 aliphatic carbocycles. The lowest BCUT2D eigenvalue weighted by Crippen LogP contribution is -2.53. The van der Waals surface area contributed by atoms with Gasteiger partial charge < -0.3 is 5.11 Å². The fraction of sp³-hybridized carbons (Fsp3) is 0.885. The molecule has 0 aromatic heterocycles. The van der Waals surface area contributed by atoms with Gasteiger partial charge in [-0.15, -0.1) is 0 Å². The Kier molecular flexibility index (Phi) is 16.5. The minimum Gasteiger partial charge on any atom is -0.391 e. The molecule has 1 heterocycles. The molecule has 0 amide bonds. The Morgan fingerprint density at radius 3 is 1.86 bits per heavy atom. The molecule has 0 bridgehead atoms. The van der Waals surface area contributed by atoms with Gasteiger partial charge in [0.15, 0.2) is 6.17 Å². The predicted molar refractivity (Wildman–Crippen MR) is 129 cm³/mol. The van der Waals surface area contributed by atoms with E-state index in [-0.39, 0.29) is 6.61 Å². The average Bonchev–Trinajstić information content (AvgIpc) is 3.13. The quantitative estimate of drug-likeness (QED) is 0.131. The molecule has 0 aromatic carbocycles. The fourth-order valence-electron chi connectivity index (χ4n) is 4.76. The Bertz CT molecular complexity index is 421. The average molecular weight is 408 g/mol. The second-order valence-electron chi connectivity index (χ2n) is 9.07. The van der Waals surface area contributed by atoms with Crippen LogP contribution in [0.15, 0.2) is 17.1 Å². The topological polar surface area (TPSA) is 32.6 Å². The van der Waals surface area contributed by atoms with Crippen LogP contribution in [0.3, 0.4) is 0 Å². The highest BCUT2D eigenvalue weighted by molar-refractivity contribution is 5.60. The molecule has 1 aliphatic heterocycles. The van der Waals surface area contributed by atoms with E-state index >= 15 is 0 Å². The number of hydrogen-bond donors (Lipinski definition) is 1. The van der Waals surface area contributed by atoms with Crippen LogP contribution in [0, 0.1) is 0 Å². The van der Waals surface area contributed by atoms with Gasteiger partial charge in [0.1, 0.15) is 13.1 Å². The summed E-state index contributed by atoms with van der Waals surface area (Å²) < 4.78 is 0.979. The summed E-state index contributed by atoms with van der Waals surface area (Å²) in [5, 5.41) is 9.39. The summed E-state index contributed by atoms with van der Waals surface area (Å²) in [5.74, 6) is 0. The molecule has 2 unspecified atom stereocenters. The zero-order chi connectivity index (χ0) is 21.0. The van der Waals surface area contributed by atoms with Gasteiger partial charge in [-0.1, -0.05) is 89.2 Å². The van der Waals surface area contributed by atoms with Gasteiger partial charge in [-0.3, -0.25) is 4.48 Å². The summed E-state index contributed by atoms with van der Waals surface area (Å²) in [6.07, 6.45) is 29.2. The van der Waals surface area contributed by atoms with E-state index in [9.17, 15) is 5.11 Å². The number of rotatable bonds is 20. The van der Waals surface area contributed by atoms with Crippen LogP contribution < -0.4 is 0 Å². The third-order valence-electron chi connectivity index (χ3n) is 6.85. The molecule has 2 atom stereocenters. The third kappa shape index (κ3) is 11.9. The summed E-state index contributed by atoms with van der Waals surface area (Å²) in [6, 6.07) is 0. The standard InChI is InChI=1S/C26H51N2O/c1-3-5-6-7-8-9-10-11-12-13-14-15-16-17-18-19-20-21-26-27-22-23-28(26,4-2)24-25-29/h3,5,22,26,29H,4,6-21,23-25H2,1-2H3/q+1/b5-3+. The number of nitrogens with zero attached hydrogens (tertiary/aromatic N) is 2. The number of aliphatic imine (C=N–C) groups is 1. The second-order valence-corrected chi connectivity index (χ2v) is 9.07. The van der Waals surface area contributed by atoms with Crippen molar-refractivity contribution in [3.05, 3.63) is 12.2 Å². The van der Waals surface area contributed by atoms with E-state index in [1.807, 2.05) is 0 Å². The van der Waals surface area contributed by atoms with Crippen molar-refractivity contribution in [2.75, 3.05) is 26.2 Å². The molecule has 1 N–H and O–H groups in total. The number of aliphatic hydroxyl groups is 1. The first kappa shape index (κ1) is 26.4. The van der Waals surface area contributed by atoms with Crippen LogP contribution in [0.4, 0.5) is 0 Å². The molecule has 170 valence electrons. The number of quaternary nitrogens is 1. The molecular weight excluding hydrogens is 356 g/mol. The van der Waals surface area contributed by atoms with Gasteiger partial charge in [0.2, 0.25) is 0 Å². The van der Waals surface area contributed by atoms with E-state index in [4.69, 9.17) is 4.99 Å². The summed E-state index contributed by atoms with van der Waals surface area (Å²) in [6.45, 7) is 7.59. The van der Waals surface area contributed by atoms with Crippen LogP contribution in [0.1, 0.15) is 117 Å². The van der Waals surface area contributed by atoms with Crippen molar-refractivity contribution in [2.45, 2.75) is 123 Å². The van der Waals surface area contributed by atoms with Gasteiger partial charge in [-0.25, -0.2) is 4.99 Å². The summed E-state index contributed by atoms with van der Waals surface area (Å²) in [5.41, 5.74) is 0. The van der Waals surface area contributed by atoms with Crippen LogP contribution in [0.2, 0.25) is 0 Å². The molecule has 0 radical (unpaired) electrons. The van der Waals surface area contributed by atoms with E-state index in [0.29, 0.717) is 6.17 Å². The first-order valence-corrected chi connectivity index (χ1v) is 12.9. The monoisotopic (exact) mass is 407 g/mol. The van der Waals surface area contributed by atoms with Gasteiger partial charge in [-0.05, 0) is 33.1 Å². The molecule has 1 rings (SSSR count). The van der Waals surface area contributed by atoms with Crippen molar-refractivity contribution in [1.29, 1.82) is 0 Å². The van der Waals surface area contributed by atoms with E-state index in [1.54, 1.807) is 0 Å². The van der Waals surface area contributed by atoms with Gasteiger partial charge in [-0.2, -0.15) is 0 Å². The van der Waals surface area contributed by atoms with Crippen LogP contribution in [-0.2, 0) is 0 Å². The Balaban J connectivity index is 1.84. The Morgan fingerprint density at radius 1 is 0.862 bits per heavy atom. The summed E-state index contributed by atoms with van der Waals surface area (Å²) >= 11 is 0. The van der Waals surface area contributed by atoms with Crippen LogP contribution in [-0.4, -0.2) is 48.2 Å². The summed E-state index contributed by atoms with van der Waals surface area (Å²) in [4.78, 5) is 4.72. The smallest absolute Gasteiger partial charge is 0.182 e. The third-order valence-corrected chi connectivity index (χ3v) is 6.85. The maximum atomic E-state index is 9.39. The number of likely N-dealkylation sites (N-methyl/N-ethyl adjacent to an activating group) is 1. The maximum Gasteiger partial charge on any atom is 0.182 e. The van der Waals surface area contributed by atoms with Crippen LogP contribution in [0.5, 0.6) is 0 Å². The van der Waals surface area contributed by atoms with Crippen molar-refractivity contribution in [3.8, 4) is 0 Å². The molecule has 3 heteroatoms. The van der Waals surface area contributed by atoms with Gasteiger partial charge in [0.05, 0.1) is 19.4 Å². The first-order chi connectivity index (χ1) is 14.3. The van der Waals surface area contributed by atoms with Crippen molar-refractivity contribution < 1.29 is 9.59 Å². The number of unbranched alkanes of at least 4 members (excludes halogenated alkanes) is 14. The molecule has 3 nitrogen and oxygen atoms in total. The van der Waals surface area contributed by atoms with Crippen LogP contribution in [0.25, 0.3) is 0 Å². The molecule has 29 heavy (non-hydrogen) atoms. The lowest BCUT2D eigenvalue weighted by atomic mass is 10.0. The van der Waals surface area contributed by atoms with Crippen molar-refractivity contribution >= 4 is 6.21 Å². The van der Waals surface area contributed by atoms with E-state index in [0.717, 1.165) is 24.1 Å². The Labute approximate surface area is 182 Å². The molecule has 0 aromatic rings. The lowest BCUT2D eigenvalue weighted by Gasteiger charge is -2.37. The predicted octanol–water partition coefficient (Wildman–Crippen LogP) is 7.04. The SMILES string of the molecule is C/C=C/CCCCCCCCCCCCCCCCC1N=CC[N+]1(CC)CCO. The highest BCUT2D eigenvalue weighted by Gasteiger charge is 2.36. The normalized spacial score (nSPS) is 21.6. The first-order valence-electron chi connectivity index (χ1n) is 12.9. The number of allylic oxidation sites excluding steroid dienone is 2. The van der Waals surface area contributed by atoms with E-state index in [1.165, 1.54) is 103 Å². The van der Waals surface area contributed by atoms with Gasteiger partial charge >= 0.3 is 0 Å². The molecule has 0 saturated carbocycles. The summed E-state index contributed by atoms with van der Waals surface area (Å²) in [7, 11) is 0. The molecular formula is C26H51N2O+. The van der Waals surface area contributed by atoms with E-state index < -0.39 is 0 Å². The lowest BCUT2D eigenvalue weighted by molar-refractivity contribution is -0.936. The molecule has 0 spiro atoms. The van der Waals surface area contributed by atoms with E-state index in [2.05, 4.69) is 32.2 Å². The van der Waals surface area contributed by atoms with Gasteiger partial charge in [0.25, 0.3) is 0 Å². The molecule has 0 saturated heterocycles. The fourth-order valence-corrected chi connectivity index (χ4v) is 4.76. The molecule has 1 aliphatic rings. The van der Waals surface area contributed by atoms with Crippen molar-refractivity contribution in [1.82, 2.24) is 0 Å².